The molecule has 4 rings (SSSR count). The number of hydrogen-bond acceptors (Lipinski definition) is 4. The largest absolute Gasteiger partial charge is 0.311 e. The molecule has 1 heterocycles. The summed E-state index contributed by atoms with van der Waals surface area (Å²) >= 11 is 1.05. The average Bonchev–Trinajstić information content (AvgIpc) is 3.02. The van der Waals surface area contributed by atoms with Crippen molar-refractivity contribution in [3.63, 3.8) is 0 Å². The molecule has 0 spiro atoms. The monoisotopic (exact) mass is 371 g/mol. The number of para-hydroxylation sites is 2. The van der Waals surface area contributed by atoms with E-state index in [9.17, 15) is 4.79 Å². The van der Waals surface area contributed by atoms with E-state index in [1.165, 1.54) is 0 Å². The molecule has 1 fully saturated rings. The maximum atomic E-state index is 11.4. The molecule has 0 aliphatic carbocycles. The number of amidine groups is 1. The van der Waals surface area contributed by atoms with Crippen molar-refractivity contribution in [3.05, 3.63) is 95.4 Å². The van der Waals surface area contributed by atoms with Gasteiger partial charge in [-0.2, -0.15) is 0 Å². The van der Waals surface area contributed by atoms with E-state index in [0.717, 1.165) is 34.4 Å². The summed E-state index contributed by atoms with van der Waals surface area (Å²) in [4.78, 5) is 14.2. The molecule has 132 valence electrons. The smallest absolute Gasteiger partial charge is 0.289 e. The standard InChI is InChI=1S/C22H17N3OS/c23-21-20(27-22(26)24-21)15-16-11-13-19(14-12-16)25(17-7-3-1-4-8-17)18-9-5-2-6-10-18/h1-15H,(H2,23,24,26). The molecule has 1 aliphatic heterocycles. The van der Waals surface area contributed by atoms with E-state index >= 15 is 0 Å². The number of nitrogens with zero attached hydrogens (tertiary/aromatic N) is 1. The van der Waals surface area contributed by atoms with Crippen LogP contribution in [0.1, 0.15) is 5.56 Å². The fraction of sp³-hybridized carbons (Fsp3) is 0. The van der Waals surface area contributed by atoms with Crippen LogP contribution < -0.4 is 10.2 Å². The molecular formula is C22H17N3OS. The van der Waals surface area contributed by atoms with Crippen molar-refractivity contribution in [3.8, 4) is 0 Å². The summed E-state index contributed by atoms with van der Waals surface area (Å²) in [5.41, 5.74) is 4.15. The Balaban J connectivity index is 1.69. The highest BCUT2D eigenvalue weighted by Crippen LogP contribution is 2.34. The fourth-order valence-electron chi connectivity index (χ4n) is 2.91. The number of nitrogens with one attached hydrogen (secondary N) is 2. The van der Waals surface area contributed by atoms with Crippen LogP contribution in [0.3, 0.4) is 0 Å². The summed E-state index contributed by atoms with van der Waals surface area (Å²) in [5.74, 6) is 0.157. The third kappa shape index (κ3) is 3.78. The van der Waals surface area contributed by atoms with Crippen LogP contribution >= 0.6 is 11.8 Å². The second-order valence-electron chi connectivity index (χ2n) is 6.00. The second kappa shape index (κ2) is 7.51. The first kappa shape index (κ1) is 17.1. The Kier molecular flexibility index (Phi) is 4.77. The topological polar surface area (TPSA) is 56.2 Å². The molecule has 0 saturated carbocycles. The number of anilines is 3. The van der Waals surface area contributed by atoms with Crippen molar-refractivity contribution in [1.82, 2.24) is 5.32 Å². The van der Waals surface area contributed by atoms with Crippen LogP contribution in [0.25, 0.3) is 6.08 Å². The van der Waals surface area contributed by atoms with E-state index in [4.69, 9.17) is 5.41 Å². The summed E-state index contributed by atoms with van der Waals surface area (Å²) in [7, 11) is 0. The molecule has 1 amide bonds. The molecule has 5 heteroatoms. The van der Waals surface area contributed by atoms with Gasteiger partial charge in [-0.25, -0.2) is 0 Å². The third-order valence-electron chi connectivity index (χ3n) is 4.15. The van der Waals surface area contributed by atoms with Gasteiger partial charge in [-0.3, -0.25) is 10.2 Å². The zero-order valence-electron chi connectivity index (χ0n) is 14.4. The lowest BCUT2D eigenvalue weighted by atomic mass is 10.1. The van der Waals surface area contributed by atoms with Crippen LogP contribution in [0.5, 0.6) is 0 Å². The van der Waals surface area contributed by atoms with Gasteiger partial charge >= 0.3 is 0 Å². The van der Waals surface area contributed by atoms with Crippen molar-refractivity contribution in [2.75, 3.05) is 4.90 Å². The van der Waals surface area contributed by atoms with E-state index in [1.807, 2.05) is 66.7 Å². The highest BCUT2D eigenvalue weighted by atomic mass is 32.2. The van der Waals surface area contributed by atoms with Crippen LogP contribution in [-0.4, -0.2) is 11.1 Å². The molecule has 0 unspecified atom stereocenters. The molecular weight excluding hydrogens is 354 g/mol. The number of hydrogen-bond donors (Lipinski definition) is 2. The van der Waals surface area contributed by atoms with Crippen molar-refractivity contribution in [2.24, 2.45) is 0 Å². The van der Waals surface area contributed by atoms with E-state index in [-0.39, 0.29) is 11.1 Å². The number of thioether (sulfide) groups is 1. The number of benzene rings is 3. The summed E-state index contributed by atoms with van der Waals surface area (Å²) in [6.07, 6.45) is 1.85. The van der Waals surface area contributed by atoms with Gasteiger partial charge in [-0.15, -0.1) is 0 Å². The van der Waals surface area contributed by atoms with Crippen LogP contribution in [0.4, 0.5) is 21.9 Å². The predicted molar refractivity (Wildman–Crippen MR) is 113 cm³/mol. The first-order valence-corrected chi connectivity index (χ1v) is 9.32. The van der Waals surface area contributed by atoms with Gasteiger partial charge in [0.05, 0.1) is 4.91 Å². The molecule has 1 saturated heterocycles. The molecule has 0 radical (unpaired) electrons. The fourth-order valence-corrected chi connectivity index (χ4v) is 3.61. The maximum absolute atomic E-state index is 11.4. The lowest BCUT2D eigenvalue weighted by Crippen LogP contribution is -2.17. The van der Waals surface area contributed by atoms with Crippen LogP contribution in [-0.2, 0) is 0 Å². The van der Waals surface area contributed by atoms with Crippen molar-refractivity contribution >= 4 is 46.0 Å². The SMILES string of the molecule is N=C1NC(=O)SC1=Cc1ccc(N(c2ccccc2)c2ccccc2)cc1. The Morgan fingerprint density at radius 2 is 1.30 bits per heavy atom. The van der Waals surface area contributed by atoms with Crippen LogP contribution in [0, 0.1) is 5.41 Å². The minimum atomic E-state index is -0.206. The minimum absolute atomic E-state index is 0.157. The molecule has 0 aromatic heterocycles. The first-order chi connectivity index (χ1) is 13.2. The second-order valence-corrected chi connectivity index (χ2v) is 7.01. The van der Waals surface area contributed by atoms with Gasteiger partial charge in [-0.05, 0) is 59.8 Å². The summed E-state index contributed by atoms with van der Waals surface area (Å²) < 4.78 is 0. The van der Waals surface area contributed by atoms with Gasteiger partial charge in [0, 0.05) is 17.1 Å². The highest BCUT2D eigenvalue weighted by molar-refractivity contribution is 8.18. The quantitative estimate of drug-likeness (QED) is 0.597. The third-order valence-corrected chi connectivity index (χ3v) is 4.98. The van der Waals surface area contributed by atoms with Gasteiger partial charge in [0.2, 0.25) is 0 Å². The summed E-state index contributed by atoms with van der Waals surface area (Å²) in [5, 5.41) is 10.1. The van der Waals surface area contributed by atoms with Gasteiger partial charge in [-0.1, -0.05) is 48.5 Å². The Hall–Kier alpha value is -3.31. The van der Waals surface area contributed by atoms with Crippen LogP contribution in [0.15, 0.2) is 89.8 Å². The Morgan fingerprint density at radius 3 is 1.78 bits per heavy atom. The van der Waals surface area contributed by atoms with Crippen LogP contribution in [0.2, 0.25) is 0 Å². The number of carbonyl (C=O) groups excluding carboxylic acids is 1. The molecule has 1 aliphatic rings. The highest BCUT2D eigenvalue weighted by Gasteiger charge is 2.21. The zero-order valence-corrected chi connectivity index (χ0v) is 15.2. The maximum Gasteiger partial charge on any atom is 0.289 e. The lowest BCUT2D eigenvalue weighted by Gasteiger charge is -2.25. The Labute approximate surface area is 162 Å². The van der Waals surface area contributed by atoms with Crippen molar-refractivity contribution < 1.29 is 4.79 Å². The zero-order chi connectivity index (χ0) is 18.6. The van der Waals surface area contributed by atoms with Crippen molar-refractivity contribution in [2.45, 2.75) is 0 Å². The molecule has 3 aromatic carbocycles. The Bertz CT molecular complexity index is 959. The predicted octanol–water partition coefficient (Wildman–Crippen LogP) is 5.93. The Morgan fingerprint density at radius 1 is 0.778 bits per heavy atom. The molecule has 3 aromatic rings. The number of carbonyl (C=O) groups is 1. The van der Waals surface area contributed by atoms with Gasteiger partial charge in [0.1, 0.15) is 5.84 Å². The van der Waals surface area contributed by atoms with Gasteiger partial charge in [0.25, 0.3) is 5.24 Å². The first-order valence-electron chi connectivity index (χ1n) is 8.50. The van der Waals surface area contributed by atoms with E-state index in [1.54, 1.807) is 0 Å². The van der Waals surface area contributed by atoms with Gasteiger partial charge in [0.15, 0.2) is 0 Å². The normalized spacial score (nSPS) is 15.0. The van der Waals surface area contributed by atoms with E-state index < -0.39 is 0 Å². The molecule has 0 atom stereocenters. The minimum Gasteiger partial charge on any atom is -0.311 e. The van der Waals surface area contributed by atoms with Crippen molar-refractivity contribution in [1.29, 1.82) is 5.41 Å². The summed E-state index contributed by atoms with van der Waals surface area (Å²) in [6.45, 7) is 0. The number of rotatable bonds is 4. The van der Waals surface area contributed by atoms with E-state index in [0.29, 0.717) is 4.91 Å². The van der Waals surface area contributed by atoms with E-state index in [2.05, 4.69) is 34.5 Å². The molecule has 2 N–H and O–H groups in total. The number of amides is 1. The van der Waals surface area contributed by atoms with Gasteiger partial charge < -0.3 is 10.2 Å². The molecule has 27 heavy (non-hydrogen) atoms. The summed E-state index contributed by atoms with van der Waals surface area (Å²) in [6, 6.07) is 28.5. The molecule has 4 nitrogen and oxygen atoms in total. The molecule has 0 bridgehead atoms. The lowest BCUT2D eigenvalue weighted by molar-refractivity contribution is 0.265. The average molecular weight is 371 g/mol.